The zero-order chi connectivity index (χ0) is 14.5. The number of nitrogens with two attached hydrogens (primary N) is 1. The number of carboxylic acid groups (broad SMARTS) is 1. The van der Waals surface area contributed by atoms with Crippen LogP contribution in [-0.4, -0.2) is 41.8 Å². The molecule has 0 amide bonds. The Morgan fingerprint density at radius 1 is 1.30 bits per heavy atom. The van der Waals surface area contributed by atoms with Crippen molar-refractivity contribution < 1.29 is 19.7 Å². The molecule has 116 valence electrons. The van der Waals surface area contributed by atoms with Crippen LogP contribution in [-0.2, 0) is 9.53 Å². The number of hydrogen-bond acceptors (Lipinski definition) is 5. The Labute approximate surface area is 119 Å². The van der Waals surface area contributed by atoms with Crippen LogP contribution in [0.4, 0.5) is 0 Å². The molecule has 0 radical (unpaired) electrons. The van der Waals surface area contributed by atoms with Gasteiger partial charge < -0.3 is 20.7 Å². The van der Waals surface area contributed by atoms with Crippen molar-refractivity contribution in [2.45, 2.75) is 50.9 Å². The minimum Gasteiger partial charge on any atom is -0.481 e. The van der Waals surface area contributed by atoms with Crippen molar-refractivity contribution in [2.75, 3.05) is 13.3 Å². The first-order chi connectivity index (χ1) is 9.60. The monoisotopic (exact) mass is 286 g/mol. The third-order valence-corrected chi connectivity index (χ3v) is 4.71. The van der Waals surface area contributed by atoms with E-state index in [4.69, 9.17) is 15.6 Å². The van der Waals surface area contributed by atoms with E-state index in [-0.39, 0.29) is 11.8 Å². The van der Waals surface area contributed by atoms with Crippen molar-refractivity contribution in [3.05, 3.63) is 0 Å². The molecule has 1 unspecified atom stereocenters. The lowest BCUT2D eigenvalue weighted by molar-refractivity contribution is -0.166. The Hall–Kier alpha value is -0.690. The number of aliphatic hydroxyl groups excluding tert-OH is 1. The van der Waals surface area contributed by atoms with Gasteiger partial charge >= 0.3 is 5.97 Å². The van der Waals surface area contributed by atoms with Gasteiger partial charge in [-0.2, -0.15) is 0 Å². The number of aliphatic hydroxyl groups is 1. The Morgan fingerprint density at radius 3 is 2.50 bits per heavy atom. The van der Waals surface area contributed by atoms with Crippen LogP contribution in [0.2, 0.25) is 0 Å². The second-order valence-electron chi connectivity index (χ2n) is 6.13. The zero-order valence-corrected chi connectivity index (χ0v) is 11.8. The van der Waals surface area contributed by atoms with E-state index in [1.807, 2.05) is 0 Å². The van der Waals surface area contributed by atoms with Gasteiger partial charge in [-0.05, 0) is 51.0 Å². The number of nitrogens with one attached hydrogen (secondary N) is 1. The smallest absolute Gasteiger partial charge is 0.306 e. The minimum atomic E-state index is -0.708. The van der Waals surface area contributed by atoms with Crippen LogP contribution in [0.5, 0.6) is 0 Å². The second-order valence-corrected chi connectivity index (χ2v) is 6.13. The van der Waals surface area contributed by atoms with Gasteiger partial charge in [0.1, 0.15) is 0 Å². The summed E-state index contributed by atoms with van der Waals surface area (Å²) in [5.74, 6) is -0.122. The van der Waals surface area contributed by atoms with Crippen molar-refractivity contribution in [2.24, 2.45) is 23.5 Å². The number of carbonyl (C=O) groups is 1. The SMILES string of the molecule is NCC1CC(C(O)OCNC2CCC(C(=O)O)CC2)C1. The van der Waals surface area contributed by atoms with E-state index in [1.54, 1.807) is 0 Å². The lowest BCUT2D eigenvalue weighted by Gasteiger charge is -2.37. The molecule has 0 heterocycles. The summed E-state index contributed by atoms with van der Waals surface area (Å²) in [7, 11) is 0. The quantitative estimate of drug-likeness (QED) is 0.508. The molecular formula is C14H26N2O4. The van der Waals surface area contributed by atoms with E-state index < -0.39 is 12.3 Å². The van der Waals surface area contributed by atoms with Gasteiger partial charge in [0.2, 0.25) is 0 Å². The van der Waals surface area contributed by atoms with E-state index in [0.717, 1.165) is 38.5 Å². The number of rotatable bonds is 7. The van der Waals surface area contributed by atoms with Gasteiger partial charge in [-0.3, -0.25) is 10.1 Å². The van der Waals surface area contributed by atoms with Crippen LogP contribution < -0.4 is 11.1 Å². The van der Waals surface area contributed by atoms with Crippen LogP contribution in [0, 0.1) is 17.8 Å². The molecule has 5 N–H and O–H groups in total. The van der Waals surface area contributed by atoms with Gasteiger partial charge in [-0.1, -0.05) is 0 Å². The van der Waals surface area contributed by atoms with Crippen molar-refractivity contribution in [1.82, 2.24) is 5.32 Å². The molecule has 0 spiro atoms. The van der Waals surface area contributed by atoms with Gasteiger partial charge in [0.05, 0.1) is 12.6 Å². The van der Waals surface area contributed by atoms with Crippen molar-refractivity contribution >= 4 is 5.97 Å². The van der Waals surface area contributed by atoms with Crippen LogP contribution in [0.3, 0.4) is 0 Å². The molecule has 0 aromatic carbocycles. The molecule has 2 aliphatic rings. The number of ether oxygens (including phenoxy) is 1. The first kappa shape index (κ1) is 15.7. The molecule has 0 bridgehead atoms. The summed E-state index contributed by atoms with van der Waals surface area (Å²) >= 11 is 0. The van der Waals surface area contributed by atoms with Crippen molar-refractivity contribution in [3.8, 4) is 0 Å². The van der Waals surface area contributed by atoms with Gasteiger partial charge in [0, 0.05) is 12.0 Å². The highest BCUT2D eigenvalue weighted by Gasteiger charge is 2.34. The molecule has 6 heteroatoms. The van der Waals surface area contributed by atoms with Crippen molar-refractivity contribution in [3.63, 3.8) is 0 Å². The Bertz CT molecular complexity index is 312. The van der Waals surface area contributed by atoms with E-state index in [2.05, 4.69) is 5.32 Å². The highest BCUT2D eigenvalue weighted by atomic mass is 16.6. The average molecular weight is 286 g/mol. The summed E-state index contributed by atoms with van der Waals surface area (Å²) in [5.41, 5.74) is 5.55. The summed E-state index contributed by atoms with van der Waals surface area (Å²) in [6.07, 6.45) is 4.33. The normalized spacial score (nSPS) is 35.3. The summed E-state index contributed by atoms with van der Waals surface area (Å²) in [6.45, 7) is 1.02. The van der Waals surface area contributed by atoms with Gasteiger partial charge in [-0.15, -0.1) is 0 Å². The maximum Gasteiger partial charge on any atom is 0.306 e. The van der Waals surface area contributed by atoms with Gasteiger partial charge in [-0.25, -0.2) is 0 Å². The topological polar surface area (TPSA) is 105 Å². The molecule has 2 fully saturated rings. The fraction of sp³-hybridized carbons (Fsp3) is 0.929. The molecule has 2 saturated carbocycles. The third-order valence-electron chi connectivity index (χ3n) is 4.71. The molecule has 0 saturated heterocycles. The fourth-order valence-corrected chi connectivity index (χ4v) is 3.14. The van der Waals surface area contributed by atoms with E-state index in [0.29, 0.717) is 25.2 Å². The maximum absolute atomic E-state index is 10.8. The lowest BCUT2D eigenvalue weighted by atomic mass is 9.74. The van der Waals surface area contributed by atoms with E-state index in [1.165, 1.54) is 0 Å². The summed E-state index contributed by atoms with van der Waals surface area (Å²) < 4.78 is 5.40. The molecule has 2 aliphatic carbocycles. The second kappa shape index (κ2) is 7.36. The summed E-state index contributed by atoms with van der Waals surface area (Å²) in [4.78, 5) is 10.8. The molecule has 0 aliphatic heterocycles. The summed E-state index contributed by atoms with van der Waals surface area (Å²) in [6, 6.07) is 0.302. The first-order valence-electron chi connectivity index (χ1n) is 7.56. The molecule has 6 nitrogen and oxygen atoms in total. The third kappa shape index (κ3) is 4.15. The molecule has 0 aromatic rings. The lowest BCUT2D eigenvalue weighted by Crippen LogP contribution is -2.42. The largest absolute Gasteiger partial charge is 0.481 e. The Kier molecular flexibility index (Phi) is 5.77. The molecule has 2 rings (SSSR count). The highest BCUT2D eigenvalue weighted by Crippen LogP contribution is 2.35. The number of aliphatic carboxylic acids is 1. The first-order valence-corrected chi connectivity index (χ1v) is 7.56. The van der Waals surface area contributed by atoms with Crippen LogP contribution in [0.1, 0.15) is 38.5 Å². The van der Waals surface area contributed by atoms with E-state index >= 15 is 0 Å². The van der Waals surface area contributed by atoms with Crippen molar-refractivity contribution in [1.29, 1.82) is 0 Å². The Balaban J connectivity index is 1.54. The summed E-state index contributed by atoms with van der Waals surface area (Å²) in [5, 5.41) is 22.0. The fourth-order valence-electron chi connectivity index (χ4n) is 3.14. The Morgan fingerprint density at radius 2 is 1.95 bits per heavy atom. The average Bonchev–Trinajstić information content (AvgIpc) is 2.38. The van der Waals surface area contributed by atoms with Gasteiger partial charge in [0.15, 0.2) is 6.29 Å². The minimum absolute atomic E-state index is 0.192. The molecule has 20 heavy (non-hydrogen) atoms. The van der Waals surface area contributed by atoms with Gasteiger partial charge in [0.25, 0.3) is 0 Å². The number of hydrogen-bond donors (Lipinski definition) is 4. The zero-order valence-electron chi connectivity index (χ0n) is 11.8. The highest BCUT2D eigenvalue weighted by molar-refractivity contribution is 5.70. The van der Waals surface area contributed by atoms with Crippen LogP contribution in [0.15, 0.2) is 0 Å². The molecule has 0 aromatic heterocycles. The maximum atomic E-state index is 10.8. The molecular weight excluding hydrogens is 260 g/mol. The predicted molar refractivity (Wildman–Crippen MR) is 73.7 cm³/mol. The molecule has 1 atom stereocenters. The predicted octanol–water partition coefficient (Wildman–Crippen LogP) is 0.497. The number of carboxylic acids is 1. The van der Waals surface area contributed by atoms with E-state index in [9.17, 15) is 9.90 Å². The van der Waals surface area contributed by atoms with Crippen LogP contribution >= 0.6 is 0 Å². The standard InChI is InChI=1S/C14H26N2O4/c15-7-9-5-11(6-9)14(19)20-8-16-12-3-1-10(2-4-12)13(17)18/h9-12,14,16,19H,1-8,15H2,(H,17,18). The van der Waals surface area contributed by atoms with Crippen LogP contribution in [0.25, 0.3) is 0 Å².